The van der Waals surface area contributed by atoms with Crippen molar-refractivity contribution in [2.45, 2.75) is 25.7 Å². The molecular formula is C19H13F6N3O2S2. The van der Waals surface area contributed by atoms with Gasteiger partial charge in [0.15, 0.2) is 5.13 Å². The number of amides is 2. The second-order valence-electron chi connectivity index (χ2n) is 6.52. The molecule has 0 radical (unpaired) electrons. The Hall–Kier alpha value is -2.93. The van der Waals surface area contributed by atoms with Crippen molar-refractivity contribution in [3.8, 4) is 0 Å². The van der Waals surface area contributed by atoms with E-state index in [9.17, 15) is 35.9 Å². The molecule has 0 saturated carbocycles. The van der Waals surface area contributed by atoms with Gasteiger partial charge in [0.1, 0.15) is 0 Å². The SMILES string of the molecule is CC(=O)Nc1ccc(C(=O)Nc2ncc(Cc3cc(C(F)(F)F)cc(C(F)(F)F)c3)s2)s1. The second-order valence-corrected chi connectivity index (χ2v) is 8.72. The van der Waals surface area contributed by atoms with Gasteiger partial charge in [-0.2, -0.15) is 26.3 Å². The summed E-state index contributed by atoms with van der Waals surface area (Å²) < 4.78 is 78.1. The lowest BCUT2D eigenvalue weighted by atomic mass is 10.0. The average Bonchev–Trinajstić information content (AvgIpc) is 3.29. The Morgan fingerprint density at radius 2 is 1.56 bits per heavy atom. The fourth-order valence-corrected chi connectivity index (χ4v) is 4.32. The molecule has 1 aromatic carbocycles. The standard InChI is InChI=1S/C19H13F6N3O2S2/c1-9(29)27-15-3-2-14(32-15)16(30)28-17-26-8-13(31-17)6-10-4-11(18(20,21)22)7-12(5-10)19(23,24)25/h2-5,7-8H,6H2,1H3,(H,27,29)(H,26,28,30). The Bertz CT molecular complexity index is 1120. The molecule has 2 heterocycles. The number of halogens is 6. The molecular weight excluding hydrogens is 480 g/mol. The molecule has 0 saturated heterocycles. The molecule has 0 aliphatic rings. The van der Waals surface area contributed by atoms with Crippen LogP contribution < -0.4 is 10.6 Å². The van der Waals surface area contributed by atoms with Crippen LogP contribution in [0.25, 0.3) is 0 Å². The number of rotatable bonds is 5. The highest BCUT2D eigenvalue weighted by atomic mass is 32.1. The van der Waals surface area contributed by atoms with E-state index in [1.54, 1.807) is 6.07 Å². The number of hydrogen-bond donors (Lipinski definition) is 2. The lowest BCUT2D eigenvalue weighted by molar-refractivity contribution is -0.143. The highest BCUT2D eigenvalue weighted by Crippen LogP contribution is 2.37. The first-order valence-corrected chi connectivity index (χ1v) is 10.4. The number of aromatic nitrogens is 1. The van der Waals surface area contributed by atoms with Gasteiger partial charge in [0.05, 0.1) is 21.0 Å². The number of benzene rings is 1. The number of hydrogen-bond acceptors (Lipinski definition) is 5. The van der Waals surface area contributed by atoms with E-state index in [0.29, 0.717) is 22.0 Å². The number of thiazole rings is 1. The van der Waals surface area contributed by atoms with E-state index >= 15 is 0 Å². The van der Waals surface area contributed by atoms with Crippen LogP contribution in [0.2, 0.25) is 0 Å². The maximum absolute atomic E-state index is 13.0. The third-order valence-corrected chi connectivity index (χ3v) is 5.84. The minimum Gasteiger partial charge on any atom is -0.318 e. The zero-order valence-corrected chi connectivity index (χ0v) is 17.7. The van der Waals surface area contributed by atoms with Crippen LogP contribution in [-0.2, 0) is 23.6 Å². The smallest absolute Gasteiger partial charge is 0.318 e. The van der Waals surface area contributed by atoms with E-state index in [4.69, 9.17) is 0 Å². The first-order chi connectivity index (χ1) is 14.8. The second kappa shape index (κ2) is 8.90. The molecule has 2 aromatic heterocycles. The molecule has 0 atom stereocenters. The van der Waals surface area contributed by atoms with Gasteiger partial charge < -0.3 is 5.32 Å². The molecule has 170 valence electrons. The van der Waals surface area contributed by atoms with E-state index in [1.165, 1.54) is 19.2 Å². The molecule has 2 amide bonds. The van der Waals surface area contributed by atoms with E-state index in [1.807, 2.05) is 0 Å². The van der Waals surface area contributed by atoms with Gasteiger partial charge in [0.25, 0.3) is 5.91 Å². The van der Waals surface area contributed by atoms with Crippen molar-refractivity contribution < 1.29 is 35.9 Å². The summed E-state index contributed by atoms with van der Waals surface area (Å²) >= 11 is 1.95. The summed E-state index contributed by atoms with van der Waals surface area (Å²) in [6, 6.07) is 4.41. The van der Waals surface area contributed by atoms with Crippen molar-refractivity contribution >= 4 is 44.6 Å². The summed E-state index contributed by atoms with van der Waals surface area (Å²) in [5.74, 6) is -0.822. The van der Waals surface area contributed by atoms with Crippen molar-refractivity contribution in [1.82, 2.24) is 4.98 Å². The third-order valence-electron chi connectivity index (χ3n) is 3.93. The lowest BCUT2D eigenvalue weighted by Gasteiger charge is -2.13. The fourth-order valence-electron chi connectivity index (χ4n) is 2.63. The van der Waals surface area contributed by atoms with Crippen LogP contribution in [0.5, 0.6) is 0 Å². The Balaban J connectivity index is 1.75. The molecule has 3 aromatic rings. The fraction of sp³-hybridized carbons (Fsp3) is 0.211. The van der Waals surface area contributed by atoms with Crippen molar-refractivity contribution in [3.63, 3.8) is 0 Å². The molecule has 0 spiro atoms. The first kappa shape index (κ1) is 23.7. The van der Waals surface area contributed by atoms with Crippen LogP contribution in [0.4, 0.5) is 36.5 Å². The van der Waals surface area contributed by atoms with Gasteiger partial charge in [-0.05, 0) is 35.9 Å². The van der Waals surface area contributed by atoms with Crippen LogP contribution in [-0.4, -0.2) is 16.8 Å². The van der Waals surface area contributed by atoms with Crippen molar-refractivity contribution in [2.24, 2.45) is 0 Å². The highest BCUT2D eigenvalue weighted by molar-refractivity contribution is 7.18. The van der Waals surface area contributed by atoms with Crippen LogP contribution >= 0.6 is 22.7 Å². The molecule has 0 fully saturated rings. The minimum absolute atomic E-state index is 0.0675. The van der Waals surface area contributed by atoms with E-state index < -0.39 is 29.4 Å². The summed E-state index contributed by atoms with van der Waals surface area (Å²) in [5.41, 5.74) is -2.98. The summed E-state index contributed by atoms with van der Waals surface area (Å²) in [6.45, 7) is 1.32. The molecule has 13 heteroatoms. The lowest BCUT2D eigenvalue weighted by Crippen LogP contribution is -2.11. The topological polar surface area (TPSA) is 71.1 Å². The van der Waals surface area contributed by atoms with Gasteiger partial charge in [0, 0.05) is 24.4 Å². The van der Waals surface area contributed by atoms with Gasteiger partial charge in [-0.3, -0.25) is 14.9 Å². The van der Waals surface area contributed by atoms with Gasteiger partial charge in [-0.25, -0.2) is 4.98 Å². The number of anilines is 2. The molecule has 3 rings (SSSR count). The normalized spacial score (nSPS) is 12.0. The number of carbonyl (C=O) groups is 2. The third kappa shape index (κ3) is 6.07. The Morgan fingerprint density at radius 3 is 2.12 bits per heavy atom. The summed E-state index contributed by atoms with van der Waals surface area (Å²) in [5, 5.41) is 5.63. The van der Waals surface area contributed by atoms with Crippen molar-refractivity contribution in [1.29, 1.82) is 0 Å². The summed E-state index contributed by atoms with van der Waals surface area (Å²) in [4.78, 5) is 27.9. The zero-order chi connectivity index (χ0) is 23.7. The Labute approximate surface area is 185 Å². The molecule has 0 aliphatic carbocycles. The largest absolute Gasteiger partial charge is 0.416 e. The maximum Gasteiger partial charge on any atom is 0.416 e. The van der Waals surface area contributed by atoms with Gasteiger partial charge >= 0.3 is 12.4 Å². The monoisotopic (exact) mass is 493 g/mol. The molecule has 0 bridgehead atoms. The average molecular weight is 493 g/mol. The zero-order valence-electron chi connectivity index (χ0n) is 16.0. The number of alkyl halides is 6. The molecule has 32 heavy (non-hydrogen) atoms. The van der Waals surface area contributed by atoms with Crippen molar-refractivity contribution in [3.05, 3.63) is 63.0 Å². The van der Waals surface area contributed by atoms with Crippen LogP contribution in [0.15, 0.2) is 36.5 Å². The molecule has 2 N–H and O–H groups in total. The molecule has 0 unspecified atom stereocenters. The Morgan fingerprint density at radius 1 is 0.938 bits per heavy atom. The van der Waals surface area contributed by atoms with Gasteiger partial charge in [-0.15, -0.1) is 22.7 Å². The minimum atomic E-state index is -4.93. The van der Waals surface area contributed by atoms with Gasteiger partial charge in [-0.1, -0.05) is 0 Å². The number of nitrogens with zero attached hydrogens (tertiary/aromatic N) is 1. The highest BCUT2D eigenvalue weighted by Gasteiger charge is 2.36. The molecule has 0 aliphatic heterocycles. The quantitative estimate of drug-likeness (QED) is 0.426. The maximum atomic E-state index is 13.0. The van der Waals surface area contributed by atoms with E-state index in [2.05, 4.69) is 15.6 Å². The predicted octanol–water partition coefficient (Wildman–Crippen LogP) is 6.04. The summed E-state index contributed by atoms with van der Waals surface area (Å²) in [6.07, 6.45) is -8.82. The van der Waals surface area contributed by atoms with E-state index in [-0.39, 0.29) is 34.0 Å². The van der Waals surface area contributed by atoms with E-state index in [0.717, 1.165) is 22.7 Å². The number of carbonyl (C=O) groups excluding carboxylic acids is 2. The first-order valence-electron chi connectivity index (χ1n) is 8.73. The molecule has 5 nitrogen and oxygen atoms in total. The summed E-state index contributed by atoms with van der Waals surface area (Å²) in [7, 11) is 0. The van der Waals surface area contributed by atoms with Crippen LogP contribution in [0.1, 0.15) is 38.2 Å². The number of thiophene rings is 1. The van der Waals surface area contributed by atoms with Crippen LogP contribution in [0.3, 0.4) is 0 Å². The van der Waals surface area contributed by atoms with Crippen LogP contribution in [0, 0.1) is 0 Å². The number of nitrogens with one attached hydrogen (secondary N) is 2. The Kier molecular flexibility index (Phi) is 6.60. The van der Waals surface area contributed by atoms with Gasteiger partial charge in [0.2, 0.25) is 5.91 Å². The predicted molar refractivity (Wildman–Crippen MR) is 108 cm³/mol. The van der Waals surface area contributed by atoms with Crippen molar-refractivity contribution in [2.75, 3.05) is 10.6 Å².